The van der Waals surface area contributed by atoms with Crippen molar-refractivity contribution in [3.63, 3.8) is 0 Å². The quantitative estimate of drug-likeness (QED) is 0.740. The highest BCUT2D eigenvalue weighted by atomic mass is 32.2. The zero-order valence-corrected chi connectivity index (χ0v) is 17.8. The molecule has 150 valence electrons. The molecule has 0 saturated carbocycles. The maximum Gasteiger partial charge on any atom is 0.232 e. The van der Waals surface area contributed by atoms with Crippen LogP contribution in [0, 0.1) is 13.8 Å². The van der Waals surface area contributed by atoms with Gasteiger partial charge in [-0.25, -0.2) is 8.42 Å². The lowest BCUT2D eigenvalue weighted by molar-refractivity contribution is -0.118. The highest BCUT2D eigenvalue weighted by Crippen LogP contribution is 2.32. The number of rotatable bonds is 6. The Labute approximate surface area is 168 Å². The second-order valence-corrected chi connectivity index (χ2v) is 9.51. The van der Waals surface area contributed by atoms with Gasteiger partial charge in [0, 0.05) is 24.7 Å². The second kappa shape index (κ2) is 7.95. The molecule has 0 fully saturated rings. The molecule has 1 aliphatic heterocycles. The molecule has 0 spiro atoms. The van der Waals surface area contributed by atoms with Gasteiger partial charge < -0.3 is 4.90 Å². The minimum Gasteiger partial charge on any atom is -0.309 e. The molecule has 5 nitrogen and oxygen atoms in total. The normalized spacial score (nSPS) is 16.1. The van der Waals surface area contributed by atoms with Crippen molar-refractivity contribution in [2.45, 2.75) is 46.1 Å². The van der Waals surface area contributed by atoms with Gasteiger partial charge in [-0.1, -0.05) is 30.3 Å². The second-order valence-electron chi connectivity index (χ2n) is 7.60. The van der Waals surface area contributed by atoms with Crippen LogP contribution < -0.4 is 9.21 Å². The number of nitrogens with zero attached hydrogens (tertiary/aromatic N) is 2. The average molecular weight is 401 g/mol. The van der Waals surface area contributed by atoms with Crippen LogP contribution in [0.4, 0.5) is 11.4 Å². The Bertz CT molecular complexity index is 985. The number of fused-ring (bicyclic) bond motifs is 1. The largest absolute Gasteiger partial charge is 0.309 e. The third-order valence-corrected chi connectivity index (χ3v) is 6.65. The van der Waals surface area contributed by atoms with Crippen molar-refractivity contribution in [2.24, 2.45) is 0 Å². The maximum absolute atomic E-state index is 12.9. The third kappa shape index (κ3) is 4.07. The third-order valence-electron chi connectivity index (χ3n) is 5.47. The first kappa shape index (κ1) is 20.4. The summed E-state index contributed by atoms with van der Waals surface area (Å²) >= 11 is 0. The van der Waals surface area contributed by atoms with E-state index < -0.39 is 10.0 Å². The van der Waals surface area contributed by atoms with Crippen LogP contribution in [0.15, 0.2) is 42.5 Å². The zero-order valence-electron chi connectivity index (χ0n) is 17.0. The van der Waals surface area contributed by atoms with Crippen LogP contribution in [-0.4, -0.2) is 33.2 Å². The predicted octanol–water partition coefficient (Wildman–Crippen LogP) is 3.83. The molecule has 0 bridgehead atoms. The molecule has 0 N–H and O–H groups in total. The van der Waals surface area contributed by atoms with Gasteiger partial charge in [-0.05, 0) is 62.4 Å². The van der Waals surface area contributed by atoms with Crippen molar-refractivity contribution < 1.29 is 13.2 Å². The molecule has 28 heavy (non-hydrogen) atoms. The Morgan fingerprint density at radius 2 is 1.86 bits per heavy atom. The minimum absolute atomic E-state index is 0.0480. The Balaban J connectivity index is 1.72. The summed E-state index contributed by atoms with van der Waals surface area (Å²) in [6.45, 7) is 6.24. The SMILES string of the molecule is Cc1cccc(N(CCCC(=O)N2c3ccccc3CC2C)S(C)(=O)=O)c1C. The highest BCUT2D eigenvalue weighted by molar-refractivity contribution is 7.92. The number of hydrogen-bond donors (Lipinski definition) is 0. The van der Waals surface area contributed by atoms with Crippen molar-refractivity contribution in [2.75, 3.05) is 22.0 Å². The van der Waals surface area contributed by atoms with Gasteiger partial charge in [0.25, 0.3) is 0 Å². The van der Waals surface area contributed by atoms with E-state index in [9.17, 15) is 13.2 Å². The predicted molar refractivity (Wildman–Crippen MR) is 114 cm³/mol. The Morgan fingerprint density at radius 1 is 1.14 bits per heavy atom. The average Bonchev–Trinajstić information content (AvgIpc) is 2.96. The summed E-state index contributed by atoms with van der Waals surface area (Å²) in [5, 5.41) is 0. The van der Waals surface area contributed by atoms with Crippen LogP contribution >= 0.6 is 0 Å². The number of sulfonamides is 1. The van der Waals surface area contributed by atoms with Crippen molar-refractivity contribution in [3.05, 3.63) is 59.2 Å². The van der Waals surface area contributed by atoms with E-state index >= 15 is 0 Å². The summed E-state index contributed by atoms with van der Waals surface area (Å²) in [5.41, 5.74) is 4.85. The van der Waals surface area contributed by atoms with Gasteiger partial charge >= 0.3 is 0 Å². The Morgan fingerprint density at radius 3 is 2.57 bits per heavy atom. The van der Waals surface area contributed by atoms with E-state index in [2.05, 4.69) is 13.0 Å². The van der Waals surface area contributed by atoms with E-state index in [1.54, 1.807) is 0 Å². The fraction of sp³-hybridized carbons (Fsp3) is 0.409. The monoisotopic (exact) mass is 400 g/mol. The number of amides is 1. The smallest absolute Gasteiger partial charge is 0.232 e. The summed E-state index contributed by atoms with van der Waals surface area (Å²) in [5.74, 6) is 0.0480. The lowest BCUT2D eigenvalue weighted by Gasteiger charge is -2.26. The van der Waals surface area contributed by atoms with Crippen LogP contribution in [0.5, 0.6) is 0 Å². The molecular weight excluding hydrogens is 372 g/mol. The van der Waals surface area contributed by atoms with Crippen LogP contribution in [0.25, 0.3) is 0 Å². The lowest BCUT2D eigenvalue weighted by Crippen LogP contribution is -2.37. The number of carbonyl (C=O) groups is 1. The maximum atomic E-state index is 12.9. The van der Waals surface area contributed by atoms with E-state index in [1.807, 2.05) is 55.1 Å². The standard InChI is InChI=1S/C22H28N2O3S/c1-16-9-7-12-20(18(16)3)23(28(4,26)27)14-8-13-22(25)24-17(2)15-19-10-5-6-11-21(19)24/h5-7,9-12,17H,8,13-15H2,1-4H3. The Hall–Kier alpha value is -2.34. The highest BCUT2D eigenvalue weighted by Gasteiger charge is 2.30. The van der Waals surface area contributed by atoms with Gasteiger partial charge in [-0.2, -0.15) is 0 Å². The molecule has 1 unspecified atom stereocenters. The van der Waals surface area contributed by atoms with Crippen LogP contribution in [-0.2, 0) is 21.2 Å². The molecule has 6 heteroatoms. The number of para-hydroxylation sites is 1. The molecule has 0 saturated heterocycles. The van der Waals surface area contributed by atoms with E-state index in [0.29, 0.717) is 25.1 Å². The molecule has 1 amide bonds. The first-order valence-corrected chi connectivity index (χ1v) is 11.5. The van der Waals surface area contributed by atoms with Crippen LogP contribution in [0.2, 0.25) is 0 Å². The molecule has 1 atom stereocenters. The fourth-order valence-electron chi connectivity index (χ4n) is 3.91. The molecule has 0 aromatic heterocycles. The van der Waals surface area contributed by atoms with Crippen molar-refractivity contribution in [1.29, 1.82) is 0 Å². The van der Waals surface area contributed by atoms with Gasteiger partial charge in [-0.3, -0.25) is 9.10 Å². The first-order chi connectivity index (χ1) is 13.2. The van der Waals surface area contributed by atoms with Gasteiger partial charge in [0.2, 0.25) is 15.9 Å². The summed E-state index contributed by atoms with van der Waals surface area (Å²) in [6.07, 6.45) is 2.87. The van der Waals surface area contributed by atoms with Crippen LogP contribution in [0.1, 0.15) is 36.5 Å². The molecule has 1 heterocycles. The summed E-state index contributed by atoms with van der Waals surface area (Å²) in [4.78, 5) is 14.7. The van der Waals surface area contributed by atoms with Crippen molar-refractivity contribution in [1.82, 2.24) is 0 Å². The summed E-state index contributed by atoms with van der Waals surface area (Å²) in [6, 6.07) is 13.8. The number of benzene rings is 2. The number of anilines is 2. The van der Waals surface area contributed by atoms with Crippen molar-refractivity contribution in [3.8, 4) is 0 Å². The molecule has 2 aromatic rings. The molecule has 2 aromatic carbocycles. The summed E-state index contributed by atoms with van der Waals surface area (Å²) < 4.78 is 26.2. The molecule has 1 aliphatic rings. The molecule has 0 radical (unpaired) electrons. The fourth-order valence-corrected chi connectivity index (χ4v) is 4.93. The number of carbonyl (C=O) groups excluding carboxylic acids is 1. The minimum atomic E-state index is -3.43. The molecule has 3 rings (SSSR count). The van der Waals surface area contributed by atoms with Gasteiger partial charge in [0.15, 0.2) is 0 Å². The lowest BCUT2D eigenvalue weighted by atomic mass is 10.1. The summed E-state index contributed by atoms with van der Waals surface area (Å²) in [7, 11) is -3.43. The van der Waals surface area contributed by atoms with E-state index in [4.69, 9.17) is 0 Å². The van der Waals surface area contributed by atoms with E-state index in [0.717, 1.165) is 23.2 Å². The van der Waals surface area contributed by atoms with Crippen molar-refractivity contribution >= 4 is 27.3 Å². The molecular formula is C22H28N2O3S. The van der Waals surface area contributed by atoms with E-state index in [1.165, 1.54) is 16.1 Å². The van der Waals surface area contributed by atoms with Gasteiger partial charge in [0.1, 0.15) is 0 Å². The Kier molecular flexibility index (Phi) is 5.79. The van der Waals surface area contributed by atoms with Crippen LogP contribution in [0.3, 0.4) is 0 Å². The first-order valence-electron chi connectivity index (χ1n) is 9.64. The van der Waals surface area contributed by atoms with Gasteiger partial charge in [0.05, 0.1) is 11.9 Å². The topological polar surface area (TPSA) is 57.7 Å². The van der Waals surface area contributed by atoms with E-state index in [-0.39, 0.29) is 11.9 Å². The number of hydrogen-bond acceptors (Lipinski definition) is 3. The number of aryl methyl sites for hydroxylation is 1. The van der Waals surface area contributed by atoms with Gasteiger partial charge in [-0.15, -0.1) is 0 Å². The molecule has 0 aliphatic carbocycles. The zero-order chi connectivity index (χ0) is 20.5.